The summed E-state index contributed by atoms with van der Waals surface area (Å²) >= 11 is 5.75. The monoisotopic (exact) mass is 272 g/mol. The zero-order chi connectivity index (χ0) is 13.8. The van der Waals surface area contributed by atoms with E-state index in [1.54, 1.807) is 18.2 Å². The van der Waals surface area contributed by atoms with Crippen LogP contribution >= 0.6 is 11.6 Å². The van der Waals surface area contributed by atoms with E-state index in [1.807, 2.05) is 6.07 Å². The molecule has 1 amide bonds. The number of halogens is 1. The fourth-order valence-electron chi connectivity index (χ4n) is 1.52. The molecule has 19 heavy (non-hydrogen) atoms. The Morgan fingerprint density at radius 2 is 2.05 bits per heavy atom. The van der Waals surface area contributed by atoms with Gasteiger partial charge in [-0.15, -0.1) is 0 Å². The van der Waals surface area contributed by atoms with E-state index in [-0.39, 0.29) is 16.7 Å². The van der Waals surface area contributed by atoms with Crippen molar-refractivity contribution < 1.29 is 9.90 Å². The van der Waals surface area contributed by atoms with Crippen molar-refractivity contribution in [2.75, 3.05) is 5.32 Å². The highest BCUT2D eigenvalue weighted by molar-refractivity contribution is 6.32. The van der Waals surface area contributed by atoms with Crippen LogP contribution in [0.3, 0.4) is 0 Å². The quantitative estimate of drug-likeness (QED) is 0.825. The second-order valence-corrected chi connectivity index (χ2v) is 4.22. The molecule has 2 aromatic rings. The molecule has 0 saturated carbocycles. The lowest BCUT2D eigenvalue weighted by molar-refractivity contribution is 0.102. The van der Waals surface area contributed by atoms with Crippen molar-refractivity contribution in [3.05, 3.63) is 58.6 Å². The molecule has 5 heteroatoms. The molecule has 0 bridgehead atoms. The molecule has 0 aromatic heterocycles. The number of amides is 1. The van der Waals surface area contributed by atoms with Crippen LogP contribution in [0.4, 0.5) is 5.69 Å². The first-order valence-corrected chi connectivity index (χ1v) is 5.78. The normalized spacial score (nSPS) is 9.68. The molecule has 0 saturated heterocycles. The van der Waals surface area contributed by atoms with Crippen molar-refractivity contribution in [1.29, 1.82) is 5.26 Å². The number of nitrogens with one attached hydrogen (secondary N) is 1. The molecular formula is C14H9ClN2O2. The van der Waals surface area contributed by atoms with Crippen LogP contribution in [0.2, 0.25) is 5.02 Å². The van der Waals surface area contributed by atoms with Crippen molar-refractivity contribution in [2.45, 2.75) is 0 Å². The number of carbonyl (C=O) groups is 1. The minimum absolute atomic E-state index is 0.0499. The van der Waals surface area contributed by atoms with Crippen LogP contribution in [0.1, 0.15) is 15.9 Å². The average molecular weight is 273 g/mol. The Bertz CT molecular complexity index is 677. The van der Waals surface area contributed by atoms with Gasteiger partial charge in [-0.1, -0.05) is 17.7 Å². The van der Waals surface area contributed by atoms with Crippen molar-refractivity contribution in [3.63, 3.8) is 0 Å². The summed E-state index contributed by atoms with van der Waals surface area (Å²) in [6.45, 7) is 0. The first-order chi connectivity index (χ1) is 9.10. The number of benzene rings is 2. The van der Waals surface area contributed by atoms with E-state index < -0.39 is 0 Å². The smallest absolute Gasteiger partial charge is 0.255 e. The van der Waals surface area contributed by atoms with Crippen molar-refractivity contribution in [3.8, 4) is 11.8 Å². The Labute approximate surface area is 114 Å². The maximum absolute atomic E-state index is 12.0. The molecule has 94 valence electrons. The second-order valence-electron chi connectivity index (χ2n) is 3.81. The molecule has 2 N–H and O–H groups in total. The summed E-state index contributed by atoms with van der Waals surface area (Å²) in [5.41, 5.74) is 1.26. The topological polar surface area (TPSA) is 73.1 Å². The van der Waals surface area contributed by atoms with Crippen LogP contribution in [0.25, 0.3) is 0 Å². The Kier molecular flexibility index (Phi) is 3.69. The molecule has 0 radical (unpaired) electrons. The highest BCUT2D eigenvalue weighted by Crippen LogP contribution is 2.26. The van der Waals surface area contributed by atoms with Gasteiger partial charge in [-0.25, -0.2) is 0 Å². The summed E-state index contributed by atoms with van der Waals surface area (Å²) < 4.78 is 0. The van der Waals surface area contributed by atoms with E-state index in [2.05, 4.69) is 5.32 Å². The highest BCUT2D eigenvalue weighted by Gasteiger charge is 2.08. The number of hydrogen-bond acceptors (Lipinski definition) is 3. The fraction of sp³-hybridized carbons (Fsp3) is 0. The van der Waals surface area contributed by atoms with Gasteiger partial charge in [0.2, 0.25) is 0 Å². The second kappa shape index (κ2) is 5.42. The molecule has 2 rings (SSSR count). The Morgan fingerprint density at radius 3 is 2.74 bits per heavy atom. The van der Waals surface area contributed by atoms with Crippen LogP contribution in [-0.4, -0.2) is 11.0 Å². The van der Waals surface area contributed by atoms with Gasteiger partial charge in [0.25, 0.3) is 5.91 Å². The predicted octanol–water partition coefficient (Wildman–Crippen LogP) is 3.17. The van der Waals surface area contributed by atoms with Crippen LogP contribution < -0.4 is 5.32 Å². The average Bonchev–Trinajstić information content (AvgIpc) is 2.43. The molecule has 0 atom stereocenters. The molecule has 4 nitrogen and oxygen atoms in total. The summed E-state index contributed by atoms with van der Waals surface area (Å²) in [6, 6.07) is 12.7. The van der Waals surface area contributed by atoms with E-state index in [1.165, 1.54) is 24.3 Å². The lowest BCUT2D eigenvalue weighted by atomic mass is 10.1. The lowest BCUT2D eigenvalue weighted by Crippen LogP contribution is -2.11. The Morgan fingerprint density at radius 1 is 1.26 bits per heavy atom. The molecule has 0 aliphatic heterocycles. The number of nitrogens with zero attached hydrogens (tertiary/aromatic N) is 1. The number of rotatable bonds is 2. The third-order valence-electron chi connectivity index (χ3n) is 2.46. The number of phenolic OH excluding ortho intramolecular Hbond substituents is 1. The van der Waals surface area contributed by atoms with E-state index in [4.69, 9.17) is 16.9 Å². The molecule has 2 aromatic carbocycles. The van der Waals surface area contributed by atoms with Gasteiger partial charge in [0.15, 0.2) is 0 Å². The van der Waals surface area contributed by atoms with Gasteiger partial charge in [-0.2, -0.15) is 5.26 Å². The summed E-state index contributed by atoms with van der Waals surface area (Å²) in [7, 11) is 0. The SMILES string of the molecule is N#Cc1cccc(C(=O)Nc2ccc(O)c(Cl)c2)c1. The summed E-state index contributed by atoms with van der Waals surface area (Å²) in [5, 5.41) is 20.8. The van der Waals surface area contributed by atoms with Crippen molar-refractivity contribution in [1.82, 2.24) is 0 Å². The van der Waals surface area contributed by atoms with Crippen LogP contribution in [0.5, 0.6) is 5.75 Å². The first-order valence-electron chi connectivity index (χ1n) is 5.40. The van der Waals surface area contributed by atoms with Crippen molar-refractivity contribution >= 4 is 23.2 Å². The van der Waals surface area contributed by atoms with Crippen LogP contribution in [0.15, 0.2) is 42.5 Å². The Balaban J connectivity index is 2.21. The van der Waals surface area contributed by atoms with Gasteiger partial charge in [0.05, 0.1) is 16.7 Å². The standard InChI is InChI=1S/C14H9ClN2O2/c15-12-7-11(4-5-13(12)18)17-14(19)10-3-1-2-9(6-10)8-16/h1-7,18H,(H,17,19). The van der Waals surface area contributed by atoms with Crippen molar-refractivity contribution in [2.24, 2.45) is 0 Å². The minimum atomic E-state index is -0.348. The summed E-state index contributed by atoms with van der Waals surface area (Å²) in [4.78, 5) is 12.0. The zero-order valence-corrected chi connectivity index (χ0v) is 10.5. The number of anilines is 1. The van der Waals surface area contributed by atoms with E-state index in [0.717, 1.165) is 0 Å². The maximum Gasteiger partial charge on any atom is 0.255 e. The summed E-state index contributed by atoms with van der Waals surface area (Å²) in [5.74, 6) is -0.398. The molecular weight excluding hydrogens is 264 g/mol. The third kappa shape index (κ3) is 3.03. The Hall–Kier alpha value is -2.51. The van der Waals surface area contributed by atoms with Crippen LogP contribution in [0, 0.1) is 11.3 Å². The third-order valence-corrected chi connectivity index (χ3v) is 2.76. The van der Waals surface area contributed by atoms with E-state index in [0.29, 0.717) is 16.8 Å². The fourth-order valence-corrected chi connectivity index (χ4v) is 1.70. The van der Waals surface area contributed by atoms with Gasteiger partial charge in [-0.3, -0.25) is 4.79 Å². The van der Waals surface area contributed by atoms with E-state index >= 15 is 0 Å². The van der Waals surface area contributed by atoms with Gasteiger partial charge < -0.3 is 10.4 Å². The molecule has 0 fully saturated rings. The minimum Gasteiger partial charge on any atom is -0.506 e. The van der Waals surface area contributed by atoms with Gasteiger partial charge in [0, 0.05) is 11.3 Å². The molecule has 0 unspecified atom stereocenters. The largest absolute Gasteiger partial charge is 0.506 e. The van der Waals surface area contributed by atoms with E-state index in [9.17, 15) is 9.90 Å². The molecule has 0 heterocycles. The first kappa shape index (κ1) is 12.9. The molecule has 0 spiro atoms. The number of nitriles is 1. The van der Waals surface area contributed by atoms with Crippen LogP contribution in [-0.2, 0) is 0 Å². The number of hydrogen-bond donors (Lipinski definition) is 2. The predicted molar refractivity (Wildman–Crippen MR) is 72.2 cm³/mol. The highest BCUT2D eigenvalue weighted by atomic mass is 35.5. The number of carbonyl (C=O) groups excluding carboxylic acids is 1. The van der Waals surface area contributed by atoms with Gasteiger partial charge in [-0.05, 0) is 36.4 Å². The maximum atomic E-state index is 12.0. The number of aromatic hydroxyl groups is 1. The van der Waals surface area contributed by atoms with Gasteiger partial charge >= 0.3 is 0 Å². The van der Waals surface area contributed by atoms with Gasteiger partial charge in [0.1, 0.15) is 5.75 Å². The molecule has 0 aliphatic rings. The molecule has 0 aliphatic carbocycles. The zero-order valence-electron chi connectivity index (χ0n) is 9.72. The summed E-state index contributed by atoms with van der Waals surface area (Å²) in [6.07, 6.45) is 0. The lowest BCUT2D eigenvalue weighted by Gasteiger charge is -2.06. The number of phenols is 1.